The van der Waals surface area contributed by atoms with Gasteiger partial charge in [-0.25, -0.2) is 4.39 Å². The quantitative estimate of drug-likeness (QED) is 0.734. The van der Waals surface area contributed by atoms with Crippen molar-refractivity contribution in [2.75, 3.05) is 0 Å². The lowest BCUT2D eigenvalue weighted by Crippen LogP contribution is -1.98. The third-order valence-corrected chi connectivity index (χ3v) is 2.65. The molecule has 1 unspecified atom stereocenters. The summed E-state index contributed by atoms with van der Waals surface area (Å²) in [7, 11) is 0. The van der Waals surface area contributed by atoms with E-state index in [1.807, 2.05) is 0 Å². The minimum absolute atomic E-state index is 0.209. The molecular formula is C13H19FO. The van der Waals surface area contributed by atoms with E-state index in [0.29, 0.717) is 5.56 Å². The van der Waals surface area contributed by atoms with Crippen LogP contribution in [0.5, 0.6) is 0 Å². The molecule has 0 aromatic heterocycles. The Morgan fingerprint density at radius 3 is 2.67 bits per heavy atom. The summed E-state index contributed by atoms with van der Waals surface area (Å²) in [4.78, 5) is 0. The van der Waals surface area contributed by atoms with E-state index in [9.17, 15) is 9.50 Å². The normalized spacial score (nSPS) is 12.8. The maximum Gasteiger partial charge on any atom is 0.126 e. The summed E-state index contributed by atoms with van der Waals surface area (Å²) in [6, 6.07) is 4.82. The largest absolute Gasteiger partial charge is 0.388 e. The van der Waals surface area contributed by atoms with E-state index in [-0.39, 0.29) is 5.82 Å². The van der Waals surface area contributed by atoms with Crippen molar-refractivity contribution >= 4 is 0 Å². The van der Waals surface area contributed by atoms with E-state index >= 15 is 0 Å². The molecule has 1 atom stereocenters. The summed E-state index contributed by atoms with van der Waals surface area (Å²) in [5.41, 5.74) is 1.42. The SMILES string of the molecule is CCCCCC(O)c1ccc(F)c(C)c1. The Balaban J connectivity index is 2.57. The Morgan fingerprint density at radius 2 is 2.07 bits per heavy atom. The second kappa shape index (κ2) is 5.86. The minimum Gasteiger partial charge on any atom is -0.388 e. The molecule has 0 radical (unpaired) electrons. The van der Waals surface area contributed by atoms with Crippen molar-refractivity contribution in [1.29, 1.82) is 0 Å². The maximum atomic E-state index is 13.0. The predicted octanol–water partition coefficient (Wildman–Crippen LogP) is 3.75. The zero-order valence-corrected chi connectivity index (χ0v) is 9.46. The molecule has 0 fully saturated rings. The van der Waals surface area contributed by atoms with Crippen molar-refractivity contribution in [3.8, 4) is 0 Å². The van der Waals surface area contributed by atoms with Crippen molar-refractivity contribution in [3.05, 3.63) is 35.1 Å². The monoisotopic (exact) mass is 210 g/mol. The Labute approximate surface area is 90.9 Å². The lowest BCUT2D eigenvalue weighted by Gasteiger charge is -2.11. The lowest BCUT2D eigenvalue weighted by molar-refractivity contribution is 0.163. The van der Waals surface area contributed by atoms with Gasteiger partial charge in [-0.2, -0.15) is 0 Å². The van der Waals surface area contributed by atoms with Crippen LogP contribution in [-0.2, 0) is 0 Å². The van der Waals surface area contributed by atoms with Gasteiger partial charge in [0.2, 0.25) is 0 Å². The smallest absolute Gasteiger partial charge is 0.126 e. The van der Waals surface area contributed by atoms with E-state index in [1.165, 1.54) is 6.07 Å². The zero-order valence-electron chi connectivity index (χ0n) is 9.46. The molecule has 1 N–H and O–H groups in total. The third kappa shape index (κ3) is 3.63. The highest BCUT2D eigenvalue weighted by Crippen LogP contribution is 2.21. The van der Waals surface area contributed by atoms with E-state index in [4.69, 9.17) is 0 Å². The summed E-state index contributed by atoms with van der Waals surface area (Å²) in [6.07, 6.45) is 3.62. The zero-order chi connectivity index (χ0) is 11.3. The fourth-order valence-electron chi connectivity index (χ4n) is 1.63. The van der Waals surface area contributed by atoms with Crippen LogP contribution >= 0.6 is 0 Å². The molecule has 0 aliphatic rings. The van der Waals surface area contributed by atoms with Crippen LogP contribution in [0.3, 0.4) is 0 Å². The van der Waals surface area contributed by atoms with Gasteiger partial charge in [0.05, 0.1) is 6.10 Å². The molecule has 0 saturated carbocycles. The summed E-state index contributed by atoms with van der Waals surface area (Å²) in [5.74, 6) is -0.209. The van der Waals surface area contributed by atoms with Crippen molar-refractivity contribution in [2.45, 2.75) is 45.6 Å². The molecule has 1 rings (SSSR count). The first-order chi connectivity index (χ1) is 7.15. The summed E-state index contributed by atoms with van der Waals surface area (Å²) < 4.78 is 13.0. The third-order valence-electron chi connectivity index (χ3n) is 2.65. The first-order valence-electron chi connectivity index (χ1n) is 5.59. The maximum absolute atomic E-state index is 13.0. The first kappa shape index (κ1) is 12.2. The standard InChI is InChI=1S/C13H19FO/c1-3-4-5-6-13(15)11-7-8-12(14)10(2)9-11/h7-9,13,15H,3-6H2,1-2H3. The van der Waals surface area contributed by atoms with Gasteiger partial charge in [-0.3, -0.25) is 0 Å². The molecule has 0 spiro atoms. The average Bonchev–Trinajstić information content (AvgIpc) is 2.22. The molecule has 0 saturated heterocycles. The van der Waals surface area contributed by atoms with E-state index < -0.39 is 6.10 Å². The number of aliphatic hydroxyl groups excluding tert-OH is 1. The second-order valence-corrected chi connectivity index (χ2v) is 4.02. The van der Waals surface area contributed by atoms with Gasteiger partial charge in [0.1, 0.15) is 5.82 Å². The van der Waals surface area contributed by atoms with Gasteiger partial charge in [-0.05, 0) is 30.5 Å². The number of aryl methyl sites for hydroxylation is 1. The molecule has 1 aromatic rings. The lowest BCUT2D eigenvalue weighted by atomic mass is 10.0. The summed E-state index contributed by atoms with van der Waals surface area (Å²) in [6.45, 7) is 3.85. The average molecular weight is 210 g/mol. The highest BCUT2D eigenvalue weighted by Gasteiger charge is 2.08. The van der Waals surface area contributed by atoms with Gasteiger partial charge in [0.25, 0.3) is 0 Å². The molecule has 84 valence electrons. The number of aliphatic hydroxyl groups is 1. The van der Waals surface area contributed by atoms with Crippen LogP contribution in [0.4, 0.5) is 4.39 Å². The fourth-order valence-corrected chi connectivity index (χ4v) is 1.63. The second-order valence-electron chi connectivity index (χ2n) is 4.02. The van der Waals surface area contributed by atoms with Gasteiger partial charge >= 0.3 is 0 Å². The number of unbranched alkanes of at least 4 members (excludes halogenated alkanes) is 2. The fraction of sp³-hybridized carbons (Fsp3) is 0.538. The number of benzene rings is 1. The van der Waals surface area contributed by atoms with Gasteiger partial charge in [0.15, 0.2) is 0 Å². The molecule has 0 heterocycles. The van der Waals surface area contributed by atoms with Crippen LogP contribution in [0.15, 0.2) is 18.2 Å². The molecule has 0 aliphatic carbocycles. The predicted molar refractivity (Wildman–Crippen MR) is 60.2 cm³/mol. The molecule has 0 aliphatic heterocycles. The molecular weight excluding hydrogens is 191 g/mol. The van der Waals surface area contributed by atoms with Gasteiger partial charge in [-0.15, -0.1) is 0 Å². The molecule has 1 nitrogen and oxygen atoms in total. The van der Waals surface area contributed by atoms with Crippen LogP contribution in [0.2, 0.25) is 0 Å². The van der Waals surface area contributed by atoms with Gasteiger partial charge < -0.3 is 5.11 Å². The molecule has 0 amide bonds. The van der Waals surface area contributed by atoms with E-state index in [0.717, 1.165) is 31.2 Å². The summed E-state index contributed by atoms with van der Waals surface area (Å²) in [5, 5.41) is 9.84. The first-order valence-corrected chi connectivity index (χ1v) is 5.59. The highest BCUT2D eigenvalue weighted by atomic mass is 19.1. The highest BCUT2D eigenvalue weighted by molar-refractivity contribution is 5.25. The van der Waals surface area contributed by atoms with E-state index in [1.54, 1.807) is 19.1 Å². The van der Waals surface area contributed by atoms with Crippen molar-refractivity contribution in [2.24, 2.45) is 0 Å². The molecule has 15 heavy (non-hydrogen) atoms. The Bertz CT molecular complexity index is 309. The molecule has 0 bridgehead atoms. The topological polar surface area (TPSA) is 20.2 Å². The minimum atomic E-state index is -0.448. The van der Waals surface area contributed by atoms with Gasteiger partial charge in [0, 0.05) is 0 Å². The van der Waals surface area contributed by atoms with Crippen LogP contribution in [0.25, 0.3) is 0 Å². The Hall–Kier alpha value is -0.890. The van der Waals surface area contributed by atoms with Crippen molar-refractivity contribution < 1.29 is 9.50 Å². The van der Waals surface area contributed by atoms with Crippen LogP contribution in [0.1, 0.15) is 49.8 Å². The number of rotatable bonds is 5. The van der Waals surface area contributed by atoms with Crippen molar-refractivity contribution in [1.82, 2.24) is 0 Å². The van der Waals surface area contributed by atoms with Crippen LogP contribution < -0.4 is 0 Å². The number of hydrogen-bond donors (Lipinski definition) is 1. The van der Waals surface area contributed by atoms with Crippen LogP contribution in [-0.4, -0.2) is 5.11 Å². The number of hydrogen-bond acceptors (Lipinski definition) is 1. The van der Waals surface area contributed by atoms with E-state index in [2.05, 4.69) is 6.92 Å². The van der Waals surface area contributed by atoms with Crippen LogP contribution in [0, 0.1) is 12.7 Å². The van der Waals surface area contributed by atoms with Gasteiger partial charge in [-0.1, -0.05) is 38.3 Å². The molecule has 1 aromatic carbocycles. The molecule has 2 heteroatoms. The van der Waals surface area contributed by atoms with Crippen molar-refractivity contribution in [3.63, 3.8) is 0 Å². The Morgan fingerprint density at radius 1 is 1.33 bits per heavy atom. The Kier molecular flexibility index (Phi) is 4.76. The number of halogens is 1. The summed E-state index contributed by atoms with van der Waals surface area (Å²) >= 11 is 0.